The van der Waals surface area contributed by atoms with E-state index in [-0.39, 0.29) is 31.2 Å². The van der Waals surface area contributed by atoms with Crippen LogP contribution in [0.4, 0.5) is 0 Å². The zero-order valence-electron chi connectivity index (χ0n) is 9.93. The Balaban J connectivity index is 1.71. The minimum Gasteiger partial charge on any atom is -0.460 e. The van der Waals surface area contributed by atoms with Gasteiger partial charge >= 0.3 is 5.97 Å². The first kappa shape index (κ1) is 14.2. The van der Waals surface area contributed by atoms with Gasteiger partial charge in [0.1, 0.15) is 6.61 Å². The second-order valence-electron chi connectivity index (χ2n) is 3.77. The molecule has 3 nitrogen and oxygen atoms in total. The monoisotopic (exact) mass is 314 g/mol. The van der Waals surface area contributed by atoms with Crippen LogP contribution in [0.15, 0.2) is 29.6 Å². The van der Waals surface area contributed by atoms with Crippen molar-refractivity contribution in [1.29, 1.82) is 0 Å². The molecule has 0 N–H and O–H groups in total. The van der Waals surface area contributed by atoms with Gasteiger partial charge in [-0.1, -0.05) is 17.7 Å². The van der Waals surface area contributed by atoms with Crippen molar-refractivity contribution >= 4 is 46.0 Å². The summed E-state index contributed by atoms with van der Waals surface area (Å²) in [7, 11) is 0. The van der Waals surface area contributed by atoms with Crippen LogP contribution in [0.25, 0.3) is 0 Å². The highest BCUT2D eigenvalue weighted by atomic mass is 35.5. The molecule has 2 aromatic heterocycles. The number of ether oxygens (including phenoxy) is 1. The zero-order valence-corrected chi connectivity index (χ0v) is 12.3. The molecular weight excluding hydrogens is 304 g/mol. The Morgan fingerprint density at radius 3 is 2.68 bits per heavy atom. The topological polar surface area (TPSA) is 43.4 Å². The fourth-order valence-corrected chi connectivity index (χ4v) is 3.12. The Kier molecular flexibility index (Phi) is 5.13. The van der Waals surface area contributed by atoms with E-state index in [0.717, 1.165) is 4.88 Å². The van der Waals surface area contributed by atoms with E-state index in [1.165, 1.54) is 22.7 Å². The summed E-state index contributed by atoms with van der Waals surface area (Å²) in [6.45, 7) is 0.212. The first-order valence-electron chi connectivity index (χ1n) is 5.61. The highest BCUT2D eigenvalue weighted by Crippen LogP contribution is 2.22. The Morgan fingerprint density at radius 2 is 2.05 bits per heavy atom. The normalized spacial score (nSPS) is 10.4. The Hall–Kier alpha value is -1.17. The molecule has 2 aromatic rings. The van der Waals surface area contributed by atoms with Gasteiger partial charge in [-0.3, -0.25) is 9.59 Å². The highest BCUT2D eigenvalue weighted by Gasteiger charge is 2.11. The molecule has 0 atom stereocenters. The summed E-state index contributed by atoms with van der Waals surface area (Å²) < 4.78 is 5.74. The van der Waals surface area contributed by atoms with Gasteiger partial charge in [-0.05, 0) is 23.6 Å². The number of hydrogen-bond acceptors (Lipinski definition) is 5. The molecule has 2 heterocycles. The highest BCUT2D eigenvalue weighted by molar-refractivity contribution is 7.16. The zero-order chi connectivity index (χ0) is 13.7. The van der Waals surface area contributed by atoms with Crippen molar-refractivity contribution in [2.24, 2.45) is 0 Å². The summed E-state index contributed by atoms with van der Waals surface area (Å²) in [5.74, 6) is -0.388. The molecule has 0 spiro atoms. The summed E-state index contributed by atoms with van der Waals surface area (Å²) in [6.07, 6.45) is 0.292. The van der Waals surface area contributed by atoms with Gasteiger partial charge in [0, 0.05) is 11.3 Å². The van der Waals surface area contributed by atoms with Gasteiger partial charge < -0.3 is 4.74 Å². The van der Waals surface area contributed by atoms with Crippen LogP contribution in [0.3, 0.4) is 0 Å². The van der Waals surface area contributed by atoms with Crippen molar-refractivity contribution in [3.05, 3.63) is 43.7 Å². The van der Waals surface area contributed by atoms with Gasteiger partial charge in [0.15, 0.2) is 5.78 Å². The SMILES string of the molecule is O=C(CCC(=O)c1cccs1)OCc1ccc(Cl)s1. The van der Waals surface area contributed by atoms with Crippen LogP contribution < -0.4 is 0 Å². The maximum atomic E-state index is 11.7. The Bertz CT molecular complexity index is 560. The molecular formula is C13H11ClO3S2. The molecule has 0 saturated heterocycles. The molecule has 0 saturated carbocycles. The number of esters is 1. The molecule has 0 amide bonds. The van der Waals surface area contributed by atoms with Crippen LogP contribution in [0, 0.1) is 0 Å². The number of Topliss-reactive ketones (excluding diaryl/α,β-unsaturated/α-hetero) is 1. The lowest BCUT2D eigenvalue weighted by atomic mass is 10.2. The summed E-state index contributed by atoms with van der Waals surface area (Å²) in [4.78, 5) is 24.7. The van der Waals surface area contributed by atoms with Crippen LogP contribution >= 0.6 is 34.3 Å². The van der Waals surface area contributed by atoms with Crippen molar-refractivity contribution in [2.75, 3.05) is 0 Å². The lowest BCUT2D eigenvalue weighted by Gasteiger charge is -2.02. The molecule has 0 bridgehead atoms. The van der Waals surface area contributed by atoms with E-state index in [0.29, 0.717) is 9.21 Å². The van der Waals surface area contributed by atoms with Crippen LogP contribution in [-0.2, 0) is 16.1 Å². The van der Waals surface area contributed by atoms with Crippen LogP contribution in [0.2, 0.25) is 4.34 Å². The number of halogens is 1. The molecule has 0 aromatic carbocycles. The summed E-state index contributed by atoms with van der Waals surface area (Å²) in [5.41, 5.74) is 0. The lowest BCUT2D eigenvalue weighted by Crippen LogP contribution is -2.07. The molecule has 19 heavy (non-hydrogen) atoms. The van der Waals surface area contributed by atoms with Crippen molar-refractivity contribution < 1.29 is 14.3 Å². The van der Waals surface area contributed by atoms with Gasteiger partial charge in [-0.15, -0.1) is 22.7 Å². The average Bonchev–Trinajstić information content (AvgIpc) is 3.04. The lowest BCUT2D eigenvalue weighted by molar-refractivity contribution is -0.144. The van der Waals surface area contributed by atoms with E-state index in [1.807, 2.05) is 17.5 Å². The molecule has 100 valence electrons. The fourth-order valence-electron chi connectivity index (χ4n) is 1.43. The van der Waals surface area contributed by atoms with Crippen molar-refractivity contribution in [3.8, 4) is 0 Å². The smallest absolute Gasteiger partial charge is 0.306 e. The molecule has 0 aliphatic rings. The second-order valence-corrected chi connectivity index (χ2v) is 6.51. The number of carbonyl (C=O) groups excluding carboxylic acids is 2. The first-order chi connectivity index (χ1) is 9.15. The van der Waals surface area contributed by atoms with Crippen LogP contribution in [0.5, 0.6) is 0 Å². The minimum atomic E-state index is -0.366. The van der Waals surface area contributed by atoms with Gasteiger partial charge in [0.2, 0.25) is 0 Å². The van der Waals surface area contributed by atoms with E-state index < -0.39 is 0 Å². The van der Waals surface area contributed by atoms with Gasteiger partial charge in [-0.25, -0.2) is 0 Å². The molecule has 2 rings (SSSR count). The fraction of sp³-hybridized carbons (Fsp3) is 0.231. The third-order valence-electron chi connectivity index (χ3n) is 2.36. The number of thiophene rings is 2. The average molecular weight is 315 g/mol. The van der Waals surface area contributed by atoms with Crippen molar-refractivity contribution in [1.82, 2.24) is 0 Å². The van der Waals surface area contributed by atoms with E-state index in [2.05, 4.69) is 0 Å². The third-order valence-corrected chi connectivity index (χ3v) is 4.47. The molecule has 0 aliphatic carbocycles. The van der Waals surface area contributed by atoms with Crippen LogP contribution in [0.1, 0.15) is 27.4 Å². The first-order valence-corrected chi connectivity index (χ1v) is 7.69. The maximum Gasteiger partial charge on any atom is 0.306 e. The largest absolute Gasteiger partial charge is 0.460 e. The van der Waals surface area contributed by atoms with Crippen molar-refractivity contribution in [2.45, 2.75) is 19.4 Å². The molecule has 0 aliphatic heterocycles. The molecule has 0 fully saturated rings. The second kappa shape index (κ2) is 6.84. The number of hydrogen-bond donors (Lipinski definition) is 0. The quantitative estimate of drug-likeness (QED) is 0.593. The van der Waals surface area contributed by atoms with Crippen molar-refractivity contribution in [3.63, 3.8) is 0 Å². The summed E-state index contributed by atoms with van der Waals surface area (Å²) in [5, 5.41) is 1.84. The molecule has 0 unspecified atom stereocenters. The predicted octanol–water partition coefficient (Wildman–Crippen LogP) is 4.17. The summed E-state index contributed by atoms with van der Waals surface area (Å²) >= 11 is 8.53. The Morgan fingerprint density at radius 1 is 1.21 bits per heavy atom. The molecule has 0 radical (unpaired) electrons. The van der Waals surface area contributed by atoms with Gasteiger partial charge in [-0.2, -0.15) is 0 Å². The molecule has 6 heteroatoms. The predicted molar refractivity (Wildman–Crippen MR) is 77.0 cm³/mol. The van der Waals surface area contributed by atoms with E-state index in [1.54, 1.807) is 12.1 Å². The summed E-state index contributed by atoms with van der Waals surface area (Å²) in [6, 6.07) is 7.15. The van der Waals surface area contributed by atoms with Gasteiger partial charge in [0.25, 0.3) is 0 Å². The Labute approximate surface area is 123 Å². The minimum absolute atomic E-state index is 0.0221. The number of rotatable bonds is 6. The van der Waals surface area contributed by atoms with E-state index in [9.17, 15) is 9.59 Å². The third kappa shape index (κ3) is 4.45. The maximum absolute atomic E-state index is 11.7. The number of ketones is 1. The van der Waals surface area contributed by atoms with Gasteiger partial charge in [0.05, 0.1) is 15.6 Å². The van der Waals surface area contributed by atoms with E-state index in [4.69, 9.17) is 16.3 Å². The standard InChI is InChI=1S/C13H11ClO3S2/c14-12-5-3-9(19-12)8-17-13(16)6-4-10(15)11-2-1-7-18-11/h1-3,5,7H,4,6,8H2. The van der Waals surface area contributed by atoms with Crippen LogP contribution in [-0.4, -0.2) is 11.8 Å². The van der Waals surface area contributed by atoms with E-state index >= 15 is 0 Å². The number of carbonyl (C=O) groups is 2.